The first-order chi connectivity index (χ1) is 9.95. The smallest absolute Gasteiger partial charge is 0.260 e. The van der Waals surface area contributed by atoms with Crippen LogP contribution in [-0.2, 0) is 4.79 Å². The number of carbonyl (C=O) groups is 1. The molecule has 116 valence electrons. The summed E-state index contributed by atoms with van der Waals surface area (Å²) in [6, 6.07) is 5.68. The number of hydrogen-bond acceptors (Lipinski definition) is 3. The van der Waals surface area contributed by atoms with Crippen LogP contribution in [0, 0.1) is 6.92 Å². The molecule has 1 N–H and O–H groups in total. The van der Waals surface area contributed by atoms with Crippen LogP contribution in [0.1, 0.15) is 25.3 Å². The van der Waals surface area contributed by atoms with E-state index in [1.807, 2.05) is 13.0 Å². The van der Waals surface area contributed by atoms with Crippen LogP contribution in [0.4, 0.5) is 0 Å². The van der Waals surface area contributed by atoms with Crippen LogP contribution < -0.4 is 10.1 Å². The summed E-state index contributed by atoms with van der Waals surface area (Å²) in [5, 5.41) is 3.77. The van der Waals surface area contributed by atoms with Crippen LogP contribution >= 0.6 is 11.6 Å². The van der Waals surface area contributed by atoms with E-state index in [0.717, 1.165) is 31.5 Å². The van der Waals surface area contributed by atoms with Crippen molar-refractivity contribution in [1.29, 1.82) is 0 Å². The second kappa shape index (κ2) is 7.14. The minimum atomic E-state index is -0.509. The molecule has 1 aliphatic rings. The van der Waals surface area contributed by atoms with Crippen molar-refractivity contribution in [3.8, 4) is 5.75 Å². The Morgan fingerprint density at radius 1 is 1.43 bits per heavy atom. The van der Waals surface area contributed by atoms with Gasteiger partial charge in [-0.3, -0.25) is 4.79 Å². The lowest BCUT2D eigenvalue weighted by atomic mass is 10.1. The van der Waals surface area contributed by atoms with Gasteiger partial charge in [-0.25, -0.2) is 0 Å². The molecule has 0 saturated carbocycles. The van der Waals surface area contributed by atoms with Crippen LogP contribution in [0.2, 0.25) is 5.02 Å². The predicted molar refractivity (Wildman–Crippen MR) is 84.9 cm³/mol. The van der Waals surface area contributed by atoms with Gasteiger partial charge in [0.05, 0.1) is 0 Å². The molecule has 0 bridgehead atoms. The number of piperidine rings is 1. The molecule has 1 saturated heterocycles. The summed E-state index contributed by atoms with van der Waals surface area (Å²) in [5.41, 5.74) is 0.942. The zero-order valence-corrected chi connectivity index (χ0v) is 13.6. The largest absolute Gasteiger partial charge is 0.481 e. The lowest BCUT2D eigenvalue weighted by Gasteiger charge is -2.30. The third-order valence-corrected chi connectivity index (χ3v) is 4.30. The molecule has 1 aromatic carbocycles. The highest BCUT2D eigenvalue weighted by molar-refractivity contribution is 6.31. The third-order valence-electron chi connectivity index (χ3n) is 3.88. The number of hydrogen-bond donors (Lipinski definition) is 1. The molecule has 21 heavy (non-hydrogen) atoms. The summed E-state index contributed by atoms with van der Waals surface area (Å²) in [7, 11) is 2.10. The minimum Gasteiger partial charge on any atom is -0.481 e. The van der Waals surface area contributed by atoms with Gasteiger partial charge in [0, 0.05) is 11.1 Å². The van der Waals surface area contributed by atoms with Crippen LogP contribution in [0.5, 0.6) is 5.75 Å². The lowest BCUT2D eigenvalue weighted by molar-refractivity contribution is -0.128. The Hall–Kier alpha value is -1.26. The molecule has 4 nitrogen and oxygen atoms in total. The number of likely N-dealkylation sites (tertiary alicyclic amines) is 1. The molecule has 1 aromatic rings. The number of ether oxygens (including phenoxy) is 1. The van der Waals surface area contributed by atoms with Gasteiger partial charge in [0.2, 0.25) is 0 Å². The monoisotopic (exact) mass is 310 g/mol. The molecular weight excluding hydrogens is 288 g/mol. The molecule has 0 aliphatic carbocycles. The summed E-state index contributed by atoms with van der Waals surface area (Å²) < 4.78 is 5.69. The summed E-state index contributed by atoms with van der Waals surface area (Å²) >= 11 is 5.98. The molecule has 0 radical (unpaired) electrons. The fourth-order valence-corrected chi connectivity index (χ4v) is 2.54. The maximum atomic E-state index is 12.2. The van der Waals surface area contributed by atoms with Crippen molar-refractivity contribution in [2.75, 3.05) is 20.1 Å². The van der Waals surface area contributed by atoms with Crippen LogP contribution in [0.15, 0.2) is 18.2 Å². The average Bonchev–Trinajstić information content (AvgIpc) is 2.45. The first-order valence-electron chi connectivity index (χ1n) is 7.37. The van der Waals surface area contributed by atoms with Gasteiger partial charge in [0.1, 0.15) is 5.75 Å². The van der Waals surface area contributed by atoms with E-state index in [1.54, 1.807) is 19.1 Å². The van der Waals surface area contributed by atoms with E-state index >= 15 is 0 Å². The Kier molecular flexibility index (Phi) is 5.48. The molecule has 1 atom stereocenters. The van der Waals surface area contributed by atoms with Crippen LogP contribution in [0.25, 0.3) is 0 Å². The van der Waals surface area contributed by atoms with Crippen molar-refractivity contribution >= 4 is 17.5 Å². The molecule has 0 spiro atoms. The highest BCUT2D eigenvalue weighted by Gasteiger charge is 2.22. The number of nitrogens with zero attached hydrogens (tertiary/aromatic N) is 1. The molecule has 5 heteroatoms. The molecule has 2 rings (SSSR count). The third kappa shape index (κ3) is 4.61. The number of carbonyl (C=O) groups excluding carboxylic acids is 1. The van der Waals surface area contributed by atoms with E-state index in [4.69, 9.17) is 16.3 Å². The van der Waals surface area contributed by atoms with Crippen molar-refractivity contribution in [2.24, 2.45) is 0 Å². The molecule has 0 unspecified atom stereocenters. The average molecular weight is 311 g/mol. The lowest BCUT2D eigenvalue weighted by Crippen LogP contribution is -2.47. The number of nitrogens with one attached hydrogen (secondary N) is 1. The number of amides is 1. The Labute approximate surface area is 131 Å². The van der Waals surface area contributed by atoms with Gasteiger partial charge in [0.25, 0.3) is 5.91 Å². The maximum absolute atomic E-state index is 12.2. The summed E-state index contributed by atoms with van der Waals surface area (Å²) in [5.74, 6) is 0.611. The van der Waals surface area contributed by atoms with Crippen molar-refractivity contribution < 1.29 is 9.53 Å². The number of aryl methyl sites for hydroxylation is 1. The SMILES string of the molecule is Cc1cc(O[C@@H](C)C(=O)NC2CCN(C)CC2)ccc1Cl. The summed E-state index contributed by atoms with van der Waals surface area (Å²) in [4.78, 5) is 14.5. The van der Waals surface area contributed by atoms with Gasteiger partial charge in [-0.2, -0.15) is 0 Å². The highest BCUT2D eigenvalue weighted by Crippen LogP contribution is 2.22. The van der Waals surface area contributed by atoms with Gasteiger partial charge >= 0.3 is 0 Å². The van der Waals surface area contributed by atoms with E-state index in [-0.39, 0.29) is 11.9 Å². The Morgan fingerprint density at radius 3 is 2.71 bits per heavy atom. The second-order valence-corrected chi connectivity index (χ2v) is 6.16. The molecule has 1 fully saturated rings. The fourth-order valence-electron chi connectivity index (χ4n) is 2.42. The van der Waals surface area contributed by atoms with E-state index in [1.165, 1.54) is 0 Å². The number of benzene rings is 1. The zero-order valence-electron chi connectivity index (χ0n) is 12.9. The van der Waals surface area contributed by atoms with Crippen molar-refractivity contribution in [3.05, 3.63) is 28.8 Å². The van der Waals surface area contributed by atoms with Gasteiger partial charge < -0.3 is 15.0 Å². The van der Waals surface area contributed by atoms with Gasteiger partial charge in [-0.15, -0.1) is 0 Å². The van der Waals surface area contributed by atoms with Gasteiger partial charge in [-0.05, 0) is 70.6 Å². The fraction of sp³-hybridized carbons (Fsp3) is 0.562. The first kappa shape index (κ1) is 16.1. The predicted octanol–water partition coefficient (Wildman–Crippen LogP) is 2.63. The first-order valence-corrected chi connectivity index (χ1v) is 7.75. The summed E-state index contributed by atoms with van der Waals surface area (Å²) in [6.45, 7) is 5.74. The van der Waals surface area contributed by atoms with Crippen LogP contribution in [0.3, 0.4) is 0 Å². The number of halogens is 1. The van der Waals surface area contributed by atoms with E-state index in [0.29, 0.717) is 10.8 Å². The number of rotatable bonds is 4. The Bertz CT molecular complexity index is 499. The molecule has 1 aliphatic heterocycles. The Morgan fingerprint density at radius 2 is 2.10 bits per heavy atom. The Balaban J connectivity index is 1.86. The van der Waals surface area contributed by atoms with E-state index < -0.39 is 6.10 Å². The van der Waals surface area contributed by atoms with Crippen molar-refractivity contribution in [1.82, 2.24) is 10.2 Å². The quantitative estimate of drug-likeness (QED) is 0.929. The van der Waals surface area contributed by atoms with Gasteiger partial charge in [0.15, 0.2) is 6.10 Å². The maximum Gasteiger partial charge on any atom is 0.260 e. The topological polar surface area (TPSA) is 41.6 Å². The normalized spacial score (nSPS) is 18.3. The molecule has 1 amide bonds. The standard InChI is InChI=1S/C16H23ClN2O2/c1-11-10-14(4-5-15(11)17)21-12(2)16(20)18-13-6-8-19(3)9-7-13/h4-5,10,12-13H,6-9H2,1-3H3,(H,18,20)/t12-/m0/s1. The van der Waals surface area contributed by atoms with Crippen molar-refractivity contribution in [2.45, 2.75) is 38.8 Å². The molecule has 0 aromatic heterocycles. The molecular formula is C16H23ClN2O2. The van der Waals surface area contributed by atoms with Crippen molar-refractivity contribution in [3.63, 3.8) is 0 Å². The van der Waals surface area contributed by atoms with Crippen LogP contribution in [-0.4, -0.2) is 43.1 Å². The minimum absolute atomic E-state index is 0.0582. The molecule has 1 heterocycles. The van der Waals surface area contributed by atoms with E-state index in [9.17, 15) is 4.79 Å². The highest BCUT2D eigenvalue weighted by atomic mass is 35.5. The van der Waals surface area contributed by atoms with E-state index in [2.05, 4.69) is 17.3 Å². The zero-order chi connectivity index (χ0) is 15.4. The van der Waals surface area contributed by atoms with Gasteiger partial charge in [-0.1, -0.05) is 11.6 Å². The summed E-state index contributed by atoms with van der Waals surface area (Å²) in [6.07, 6.45) is 1.48. The second-order valence-electron chi connectivity index (χ2n) is 5.76.